The molecule has 0 aliphatic rings. The number of ether oxygens (including phenoxy) is 1. The number of nitrogens with zero attached hydrogens (tertiary/aromatic N) is 1. The van der Waals surface area contributed by atoms with E-state index in [2.05, 4.69) is 35.5 Å². The molecule has 2 nitrogen and oxygen atoms in total. The van der Waals surface area contributed by atoms with Crippen molar-refractivity contribution in [2.75, 3.05) is 6.61 Å². The lowest BCUT2D eigenvalue weighted by molar-refractivity contribution is 0.317. The van der Waals surface area contributed by atoms with Crippen molar-refractivity contribution in [2.24, 2.45) is 0 Å². The van der Waals surface area contributed by atoms with Crippen molar-refractivity contribution in [1.29, 1.82) is 0 Å². The monoisotopic (exact) mass is 261 g/mol. The van der Waals surface area contributed by atoms with E-state index in [9.17, 15) is 0 Å². The SMILES string of the molecule is CCCOc1cccc(CCc2csc(C)n2)c1. The molecule has 0 amide bonds. The number of aryl methyl sites for hydroxylation is 3. The highest BCUT2D eigenvalue weighted by atomic mass is 32.1. The molecule has 0 unspecified atom stereocenters. The van der Waals surface area contributed by atoms with Gasteiger partial charge in [0.1, 0.15) is 5.75 Å². The van der Waals surface area contributed by atoms with Crippen LogP contribution in [-0.2, 0) is 12.8 Å². The molecule has 1 heterocycles. The Hall–Kier alpha value is -1.35. The molecule has 1 aromatic heterocycles. The minimum atomic E-state index is 0.786. The standard InChI is InChI=1S/C15H19NOS/c1-3-9-17-15-6-4-5-13(10-15)7-8-14-11-18-12(2)16-14/h4-6,10-11H,3,7-9H2,1-2H3. The van der Waals surface area contributed by atoms with Crippen molar-refractivity contribution in [1.82, 2.24) is 4.98 Å². The summed E-state index contributed by atoms with van der Waals surface area (Å²) in [4.78, 5) is 4.49. The van der Waals surface area contributed by atoms with Gasteiger partial charge in [0.25, 0.3) is 0 Å². The molecule has 0 spiro atoms. The zero-order valence-electron chi connectivity index (χ0n) is 11.0. The van der Waals surface area contributed by atoms with Crippen LogP contribution in [0.2, 0.25) is 0 Å². The van der Waals surface area contributed by atoms with Crippen molar-refractivity contribution >= 4 is 11.3 Å². The first-order valence-electron chi connectivity index (χ1n) is 6.40. The zero-order valence-corrected chi connectivity index (χ0v) is 11.8. The lowest BCUT2D eigenvalue weighted by atomic mass is 10.1. The molecular weight excluding hydrogens is 242 g/mol. The largest absolute Gasteiger partial charge is 0.494 e. The van der Waals surface area contributed by atoms with Crippen molar-refractivity contribution < 1.29 is 4.74 Å². The number of aromatic nitrogens is 1. The van der Waals surface area contributed by atoms with Crippen molar-refractivity contribution in [3.05, 3.63) is 45.9 Å². The third kappa shape index (κ3) is 3.84. The van der Waals surface area contributed by atoms with Gasteiger partial charge in [0.05, 0.1) is 17.3 Å². The minimum absolute atomic E-state index is 0.786. The molecule has 96 valence electrons. The fourth-order valence-electron chi connectivity index (χ4n) is 1.81. The Bertz CT molecular complexity index is 493. The summed E-state index contributed by atoms with van der Waals surface area (Å²) < 4.78 is 5.64. The smallest absolute Gasteiger partial charge is 0.119 e. The Labute approximate surface area is 113 Å². The molecule has 0 aliphatic carbocycles. The zero-order chi connectivity index (χ0) is 12.8. The van der Waals surface area contributed by atoms with Gasteiger partial charge in [0, 0.05) is 5.38 Å². The van der Waals surface area contributed by atoms with Crippen molar-refractivity contribution in [3.63, 3.8) is 0 Å². The van der Waals surface area contributed by atoms with Crippen LogP contribution in [0.25, 0.3) is 0 Å². The van der Waals surface area contributed by atoms with Crippen LogP contribution < -0.4 is 4.74 Å². The van der Waals surface area contributed by atoms with E-state index in [1.165, 1.54) is 11.3 Å². The summed E-state index contributed by atoms with van der Waals surface area (Å²) in [6.07, 6.45) is 3.07. The summed E-state index contributed by atoms with van der Waals surface area (Å²) in [6, 6.07) is 8.37. The molecule has 0 radical (unpaired) electrons. The molecule has 0 atom stereocenters. The normalized spacial score (nSPS) is 10.6. The van der Waals surface area contributed by atoms with E-state index in [1.807, 2.05) is 13.0 Å². The maximum absolute atomic E-state index is 5.64. The van der Waals surface area contributed by atoms with Crippen LogP contribution in [0.1, 0.15) is 29.6 Å². The summed E-state index contributed by atoms with van der Waals surface area (Å²) in [5.74, 6) is 0.976. The number of rotatable bonds is 6. The molecule has 2 rings (SSSR count). The quantitative estimate of drug-likeness (QED) is 0.783. The Morgan fingerprint density at radius 1 is 1.28 bits per heavy atom. The van der Waals surface area contributed by atoms with Gasteiger partial charge < -0.3 is 4.74 Å². The minimum Gasteiger partial charge on any atom is -0.494 e. The first kappa shape index (κ1) is 13.1. The van der Waals surface area contributed by atoms with Crippen LogP contribution in [0.5, 0.6) is 5.75 Å². The van der Waals surface area contributed by atoms with Crippen LogP contribution in [0.4, 0.5) is 0 Å². The summed E-state index contributed by atoms with van der Waals surface area (Å²) >= 11 is 1.72. The maximum atomic E-state index is 5.64. The molecule has 0 N–H and O–H groups in total. The second-order valence-corrected chi connectivity index (χ2v) is 5.42. The van der Waals surface area contributed by atoms with Gasteiger partial charge in [-0.1, -0.05) is 19.1 Å². The molecule has 3 heteroatoms. The predicted octanol–water partition coefficient (Wildman–Crippen LogP) is 4.03. The molecule has 0 fully saturated rings. The highest BCUT2D eigenvalue weighted by molar-refractivity contribution is 7.09. The average Bonchev–Trinajstić information content (AvgIpc) is 2.80. The Morgan fingerprint density at radius 3 is 2.89 bits per heavy atom. The molecule has 2 aromatic rings. The third-order valence-electron chi connectivity index (χ3n) is 2.71. The predicted molar refractivity (Wildman–Crippen MR) is 76.5 cm³/mol. The lowest BCUT2D eigenvalue weighted by Crippen LogP contribution is -1.96. The second kappa shape index (κ2) is 6.55. The fraction of sp³-hybridized carbons (Fsp3) is 0.400. The highest BCUT2D eigenvalue weighted by Gasteiger charge is 2.01. The molecule has 18 heavy (non-hydrogen) atoms. The first-order valence-corrected chi connectivity index (χ1v) is 7.28. The van der Waals surface area contributed by atoms with Gasteiger partial charge >= 0.3 is 0 Å². The number of thiazole rings is 1. The van der Waals surface area contributed by atoms with E-state index in [0.717, 1.165) is 36.6 Å². The van der Waals surface area contributed by atoms with E-state index in [4.69, 9.17) is 4.74 Å². The summed E-state index contributed by atoms with van der Waals surface area (Å²) in [5.41, 5.74) is 2.51. The van der Waals surface area contributed by atoms with Crippen LogP contribution in [0.3, 0.4) is 0 Å². The van der Waals surface area contributed by atoms with Gasteiger partial charge in [-0.25, -0.2) is 4.98 Å². The van der Waals surface area contributed by atoms with E-state index in [-0.39, 0.29) is 0 Å². The van der Waals surface area contributed by atoms with Crippen molar-refractivity contribution in [3.8, 4) is 5.75 Å². The van der Waals surface area contributed by atoms with Gasteiger partial charge in [-0.2, -0.15) is 0 Å². The van der Waals surface area contributed by atoms with Crippen LogP contribution >= 0.6 is 11.3 Å². The molecule has 1 aromatic carbocycles. The molecule has 0 saturated heterocycles. The summed E-state index contributed by atoms with van der Waals surface area (Å²) in [5, 5.41) is 3.29. The van der Waals surface area contributed by atoms with E-state index < -0.39 is 0 Å². The van der Waals surface area contributed by atoms with Gasteiger partial charge in [-0.15, -0.1) is 11.3 Å². The van der Waals surface area contributed by atoms with Crippen LogP contribution in [-0.4, -0.2) is 11.6 Å². The Morgan fingerprint density at radius 2 is 2.17 bits per heavy atom. The number of benzene rings is 1. The molecule has 0 aliphatic heterocycles. The highest BCUT2D eigenvalue weighted by Crippen LogP contribution is 2.16. The van der Waals surface area contributed by atoms with Gasteiger partial charge in [-0.05, 0) is 43.9 Å². The van der Waals surface area contributed by atoms with E-state index in [0.29, 0.717) is 0 Å². The Balaban J connectivity index is 1.92. The summed E-state index contributed by atoms with van der Waals surface area (Å²) in [6.45, 7) is 4.95. The fourth-order valence-corrected chi connectivity index (χ4v) is 2.45. The van der Waals surface area contributed by atoms with E-state index in [1.54, 1.807) is 11.3 Å². The topological polar surface area (TPSA) is 22.1 Å². The van der Waals surface area contributed by atoms with Crippen LogP contribution in [0.15, 0.2) is 29.6 Å². The second-order valence-electron chi connectivity index (χ2n) is 4.35. The number of hydrogen-bond donors (Lipinski definition) is 0. The number of hydrogen-bond acceptors (Lipinski definition) is 3. The third-order valence-corrected chi connectivity index (χ3v) is 3.53. The van der Waals surface area contributed by atoms with Gasteiger partial charge in [-0.3, -0.25) is 0 Å². The summed E-state index contributed by atoms with van der Waals surface area (Å²) in [7, 11) is 0. The van der Waals surface area contributed by atoms with Gasteiger partial charge in [0.2, 0.25) is 0 Å². The van der Waals surface area contributed by atoms with Gasteiger partial charge in [0.15, 0.2) is 0 Å². The Kier molecular flexibility index (Phi) is 4.76. The first-order chi connectivity index (χ1) is 8.78. The van der Waals surface area contributed by atoms with Crippen LogP contribution in [0, 0.1) is 6.92 Å². The molecule has 0 saturated carbocycles. The average molecular weight is 261 g/mol. The maximum Gasteiger partial charge on any atom is 0.119 e. The van der Waals surface area contributed by atoms with Crippen molar-refractivity contribution in [2.45, 2.75) is 33.1 Å². The lowest BCUT2D eigenvalue weighted by Gasteiger charge is -2.06. The van der Waals surface area contributed by atoms with E-state index >= 15 is 0 Å². The molecule has 0 bridgehead atoms. The molecular formula is C15H19NOS.